The van der Waals surface area contributed by atoms with Crippen LogP contribution in [0.2, 0.25) is 0 Å². The molecule has 0 saturated heterocycles. The van der Waals surface area contributed by atoms with E-state index in [1.165, 1.54) is 37.8 Å². The van der Waals surface area contributed by atoms with Gasteiger partial charge in [-0.15, -0.1) is 0 Å². The number of nitrogen functional groups attached to an aromatic ring is 1. The average molecular weight is 384 g/mol. The molecular formula is C24H24N4O. The van der Waals surface area contributed by atoms with Crippen LogP contribution in [0.1, 0.15) is 43.7 Å². The van der Waals surface area contributed by atoms with Crippen LogP contribution in [0.3, 0.4) is 0 Å². The molecule has 0 bridgehead atoms. The zero-order chi connectivity index (χ0) is 19.6. The van der Waals surface area contributed by atoms with E-state index in [9.17, 15) is 0 Å². The zero-order valence-electron chi connectivity index (χ0n) is 16.3. The van der Waals surface area contributed by atoms with Crippen molar-refractivity contribution in [1.29, 1.82) is 0 Å². The second-order valence-corrected chi connectivity index (χ2v) is 7.66. The molecule has 1 fully saturated rings. The van der Waals surface area contributed by atoms with Gasteiger partial charge in [-0.05, 0) is 48.7 Å². The van der Waals surface area contributed by atoms with Crippen molar-refractivity contribution >= 4 is 11.3 Å². The monoisotopic (exact) mass is 384 g/mol. The Balaban J connectivity index is 1.52. The highest BCUT2D eigenvalue weighted by atomic mass is 16.5. The number of rotatable bonds is 4. The summed E-state index contributed by atoms with van der Waals surface area (Å²) in [5.74, 6) is 2.67. The third-order valence-electron chi connectivity index (χ3n) is 5.78. The van der Waals surface area contributed by atoms with Crippen LogP contribution < -0.4 is 10.5 Å². The normalized spacial score (nSPS) is 14.9. The van der Waals surface area contributed by atoms with Crippen molar-refractivity contribution in [1.82, 2.24) is 14.6 Å². The van der Waals surface area contributed by atoms with E-state index in [1.807, 2.05) is 47.0 Å². The number of ether oxygens (including phenoxy) is 1. The van der Waals surface area contributed by atoms with E-state index in [4.69, 9.17) is 10.5 Å². The Morgan fingerprint density at radius 3 is 2.38 bits per heavy atom. The standard InChI is InChI=1S/C24H24N4O/c25-24-23-21(15-22(28(23)27-16-26-24)18-7-3-1-4-8-18)17-11-13-20(14-12-17)29-19-9-5-2-6-10-19/h2,5-6,9-16,18H,1,3-4,7-8H2,(H2,25,26,27). The minimum Gasteiger partial charge on any atom is -0.457 e. The Labute approximate surface area is 170 Å². The third kappa shape index (κ3) is 3.44. The Morgan fingerprint density at radius 2 is 1.62 bits per heavy atom. The van der Waals surface area contributed by atoms with Gasteiger partial charge in [-0.2, -0.15) is 5.10 Å². The first kappa shape index (κ1) is 17.7. The van der Waals surface area contributed by atoms with Gasteiger partial charge in [0.15, 0.2) is 5.82 Å². The molecule has 1 aliphatic carbocycles. The molecule has 0 spiro atoms. The molecule has 2 heterocycles. The Morgan fingerprint density at radius 1 is 0.897 bits per heavy atom. The van der Waals surface area contributed by atoms with Crippen molar-refractivity contribution < 1.29 is 4.74 Å². The number of benzene rings is 2. The van der Waals surface area contributed by atoms with Crippen LogP contribution in [0.5, 0.6) is 11.5 Å². The van der Waals surface area contributed by atoms with E-state index in [1.54, 1.807) is 6.33 Å². The van der Waals surface area contributed by atoms with Crippen molar-refractivity contribution in [2.75, 3.05) is 5.73 Å². The predicted octanol–water partition coefficient (Wildman–Crippen LogP) is 5.82. The van der Waals surface area contributed by atoms with E-state index in [0.717, 1.165) is 28.1 Å². The predicted molar refractivity (Wildman–Crippen MR) is 115 cm³/mol. The SMILES string of the molecule is Nc1ncnn2c(C3CCCCC3)cc(-c3ccc(Oc4ccccc4)cc3)c12. The molecule has 1 aliphatic rings. The van der Waals surface area contributed by atoms with Gasteiger partial charge in [0.1, 0.15) is 23.3 Å². The highest BCUT2D eigenvalue weighted by Gasteiger charge is 2.23. The summed E-state index contributed by atoms with van der Waals surface area (Å²) < 4.78 is 7.93. The highest BCUT2D eigenvalue weighted by molar-refractivity contribution is 5.88. The molecule has 0 amide bonds. The fourth-order valence-electron chi connectivity index (χ4n) is 4.33. The minimum absolute atomic E-state index is 0.515. The molecule has 0 aliphatic heterocycles. The van der Waals surface area contributed by atoms with E-state index in [-0.39, 0.29) is 0 Å². The van der Waals surface area contributed by atoms with Crippen molar-refractivity contribution in [2.24, 2.45) is 0 Å². The van der Waals surface area contributed by atoms with Gasteiger partial charge in [-0.1, -0.05) is 49.6 Å². The summed E-state index contributed by atoms with van der Waals surface area (Å²) in [5, 5.41) is 4.54. The van der Waals surface area contributed by atoms with Gasteiger partial charge < -0.3 is 10.5 Å². The summed E-state index contributed by atoms with van der Waals surface area (Å²) in [6, 6.07) is 20.2. The summed E-state index contributed by atoms with van der Waals surface area (Å²) in [6.07, 6.45) is 7.85. The first-order valence-corrected chi connectivity index (χ1v) is 10.2. The summed E-state index contributed by atoms with van der Waals surface area (Å²) in [7, 11) is 0. The van der Waals surface area contributed by atoms with E-state index in [2.05, 4.69) is 28.3 Å². The van der Waals surface area contributed by atoms with E-state index < -0.39 is 0 Å². The van der Waals surface area contributed by atoms with Crippen LogP contribution in [-0.2, 0) is 0 Å². The smallest absolute Gasteiger partial charge is 0.151 e. The van der Waals surface area contributed by atoms with Gasteiger partial charge in [0.25, 0.3) is 0 Å². The van der Waals surface area contributed by atoms with Crippen LogP contribution >= 0.6 is 0 Å². The van der Waals surface area contributed by atoms with Crippen LogP contribution in [0.25, 0.3) is 16.6 Å². The number of hydrogen-bond donors (Lipinski definition) is 1. The lowest BCUT2D eigenvalue weighted by atomic mass is 9.87. The minimum atomic E-state index is 0.515. The van der Waals surface area contributed by atoms with Gasteiger partial charge in [-0.25, -0.2) is 9.50 Å². The Hall–Kier alpha value is -3.34. The van der Waals surface area contributed by atoms with Crippen LogP contribution in [0, 0.1) is 0 Å². The Kier molecular flexibility index (Phi) is 4.64. The van der Waals surface area contributed by atoms with Crippen LogP contribution in [0.15, 0.2) is 67.0 Å². The van der Waals surface area contributed by atoms with Gasteiger partial charge in [0.2, 0.25) is 0 Å². The number of nitrogens with two attached hydrogens (primary N) is 1. The van der Waals surface area contributed by atoms with Gasteiger partial charge >= 0.3 is 0 Å². The number of fused-ring (bicyclic) bond motifs is 1. The maximum atomic E-state index is 6.27. The molecule has 4 aromatic rings. The Bertz CT molecular complexity index is 1110. The summed E-state index contributed by atoms with van der Waals surface area (Å²) in [6.45, 7) is 0. The van der Waals surface area contributed by atoms with Crippen LogP contribution in [-0.4, -0.2) is 14.6 Å². The molecule has 2 N–H and O–H groups in total. The molecule has 5 nitrogen and oxygen atoms in total. The number of hydrogen-bond acceptors (Lipinski definition) is 4. The number of anilines is 1. The van der Waals surface area contributed by atoms with E-state index >= 15 is 0 Å². The quantitative estimate of drug-likeness (QED) is 0.481. The second kappa shape index (κ2) is 7.59. The molecule has 146 valence electrons. The fourth-order valence-corrected chi connectivity index (χ4v) is 4.33. The maximum Gasteiger partial charge on any atom is 0.151 e. The van der Waals surface area contributed by atoms with Crippen molar-refractivity contribution in [3.05, 3.63) is 72.7 Å². The number of nitrogens with zero attached hydrogens (tertiary/aromatic N) is 3. The van der Waals surface area contributed by atoms with Crippen LogP contribution in [0.4, 0.5) is 5.82 Å². The molecule has 2 aromatic carbocycles. The summed E-state index contributed by atoms with van der Waals surface area (Å²) >= 11 is 0. The molecule has 29 heavy (non-hydrogen) atoms. The topological polar surface area (TPSA) is 65.4 Å². The fraction of sp³-hybridized carbons (Fsp3) is 0.250. The number of aromatic nitrogens is 3. The molecule has 5 rings (SSSR count). The molecule has 5 heteroatoms. The zero-order valence-corrected chi connectivity index (χ0v) is 16.3. The first-order chi connectivity index (χ1) is 14.3. The average Bonchev–Trinajstić information content (AvgIpc) is 3.17. The van der Waals surface area contributed by atoms with Crippen molar-refractivity contribution in [2.45, 2.75) is 38.0 Å². The lowest BCUT2D eigenvalue weighted by Gasteiger charge is -2.21. The van der Waals surface area contributed by atoms with E-state index in [0.29, 0.717) is 11.7 Å². The summed E-state index contributed by atoms with van der Waals surface area (Å²) in [5.41, 5.74) is 10.6. The highest BCUT2D eigenvalue weighted by Crippen LogP contribution is 2.39. The largest absolute Gasteiger partial charge is 0.457 e. The lowest BCUT2D eigenvalue weighted by Crippen LogP contribution is -2.09. The first-order valence-electron chi connectivity index (χ1n) is 10.2. The molecule has 2 aromatic heterocycles. The number of para-hydroxylation sites is 1. The van der Waals surface area contributed by atoms with Gasteiger partial charge in [0, 0.05) is 17.2 Å². The molecule has 0 unspecified atom stereocenters. The van der Waals surface area contributed by atoms with Gasteiger partial charge in [-0.3, -0.25) is 0 Å². The molecule has 1 saturated carbocycles. The molecule has 0 atom stereocenters. The molecular weight excluding hydrogens is 360 g/mol. The second-order valence-electron chi connectivity index (χ2n) is 7.66. The maximum absolute atomic E-state index is 6.27. The lowest BCUT2D eigenvalue weighted by molar-refractivity contribution is 0.431. The van der Waals surface area contributed by atoms with Crippen molar-refractivity contribution in [3.63, 3.8) is 0 Å². The molecule has 0 radical (unpaired) electrons. The van der Waals surface area contributed by atoms with Crippen molar-refractivity contribution in [3.8, 4) is 22.6 Å². The summed E-state index contributed by atoms with van der Waals surface area (Å²) in [4.78, 5) is 4.25. The van der Waals surface area contributed by atoms with Gasteiger partial charge in [0.05, 0.1) is 0 Å². The third-order valence-corrected chi connectivity index (χ3v) is 5.78.